The van der Waals surface area contributed by atoms with Crippen LogP contribution in [0.5, 0.6) is 0 Å². The Labute approximate surface area is 161 Å². The van der Waals surface area contributed by atoms with Crippen LogP contribution in [0.3, 0.4) is 0 Å². The van der Waals surface area contributed by atoms with Crippen molar-refractivity contribution in [1.82, 2.24) is 9.80 Å². The van der Waals surface area contributed by atoms with E-state index in [1.165, 1.54) is 11.1 Å². The molecule has 1 aliphatic heterocycles. The third-order valence-electron chi connectivity index (χ3n) is 4.14. The molecule has 1 aliphatic rings. The Morgan fingerprint density at radius 2 is 1.33 bits per heavy atom. The summed E-state index contributed by atoms with van der Waals surface area (Å²) in [6.07, 6.45) is 0. The number of hydrogen-bond donors (Lipinski definition) is 1. The summed E-state index contributed by atoms with van der Waals surface area (Å²) in [5.74, 6) is 0. The van der Waals surface area contributed by atoms with E-state index in [9.17, 15) is 0 Å². The Morgan fingerprint density at radius 3 is 1.88 bits per heavy atom. The summed E-state index contributed by atoms with van der Waals surface area (Å²) in [7, 11) is 0. The second-order valence-corrected chi connectivity index (χ2v) is 6.36. The maximum absolute atomic E-state index is 5.93. The molecule has 0 amide bonds. The normalized spacial score (nSPS) is 15.4. The first-order valence-corrected chi connectivity index (χ1v) is 8.10. The fourth-order valence-electron chi connectivity index (χ4n) is 2.90. The van der Waals surface area contributed by atoms with E-state index in [4.69, 9.17) is 17.3 Å². The lowest BCUT2D eigenvalue weighted by Crippen LogP contribution is -2.45. The minimum Gasteiger partial charge on any atom is -0.399 e. The number of piperazine rings is 1. The van der Waals surface area contributed by atoms with Gasteiger partial charge in [0.05, 0.1) is 0 Å². The second kappa shape index (κ2) is 10.1. The summed E-state index contributed by atoms with van der Waals surface area (Å²) >= 11 is 5.93. The monoisotopic (exact) mass is 387 g/mol. The van der Waals surface area contributed by atoms with Crippen molar-refractivity contribution in [3.05, 3.63) is 64.7 Å². The summed E-state index contributed by atoms with van der Waals surface area (Å²) in [6, 6.07) is 16.3. The third kappa shape index (κ3) is 6.15. The Morgan fingerprint density at radius 1 is 0.792 bits per heavy atom. The molecule has 3 rings (SSSR count). The van der Waals surface area contributed by atoms with Crippen LogP contribution < -0.4 is 5.73 Å². The number of rotatable bonds is 4. The van der Waals surface area contributed by atoms with Gasteiger partial charge in [-0.05, 0) is 35.4 Å². The van der Waals surface area contributed by atoms with Crippen LogP contribution in [0.1, 0.15) is 11.1 Å². The first-order valence-electron chi connectivity index (χ1n) is 7.72. The molecule has 0 spiro atoms. The lowest BCUT2D eigenvalue weighted by atomic mass is 10.1. The van der Waals surface area contributed by atoms with E-state index in [0.29, 0.717) is 0 Å². The molecule has 0 aromatic heterocycles. The topological polar surface area (TPSA) is 32.5 Å². The molecule has 1 saturated heterocycles. The van der Waals surface area contributed by atoms with Gasteiger partial charge in [-0.2, -0.15) is 0 Å². The van der Waals surface area contributed by atoms with Gasteiger partial charge in [0.2, 0.25) is 0 Å². The van der Waals surface area contributed by atoms with Gasteiger partial charge in [-0.25, -0.2) is 0 Å². The lowest BCUT2D eigenvalue weighted by Gasteiger charge is -2.34. The number of nitrogens with zero attached hydrogens (tertiary/aromatic N) is 2. The van der Waals surface area contributed by atoms with Gasteiger partial charge in [0, 0.05) is 50.0 Å². The molecule has 24 heavy (non-hydrogen) atoms. The van der Waals surface area contributed by atoms with Gasteiger partial charge >= 0.3 is 0 Å². The Bertz CT molecular complexity index is 611. The summed E-state index contributed by atoms with van der Waals surface area (Å²) < 4.78 is 0. The van der Waals surface area contributed by atoms with Gasteiger partial charge < -0.3 is 5.73 Å². The smallest absolute Gasteiger partial charge is 0.0406 e. The van der Waals surface area contributed by atoms with E-state index < -0.39 is 0 Å². The van der Waals surface area contributed by atoms with Gasteiger partial charge in [0.25, 0.3) is 0 Å². The van der Waals surface area contributed by atoms with Gasteiger partial charge in [-0.1, -0.05) is 35.9 Å². The van der Waals surface area contributed by atoms with Gasteiger partial charge in [-0.15, -0.1) is 24.8 Å². The van der Waals surface area contributed by atoms with Crippen LogP contribution in [0.25, 0.3) is 0 Å². The predicted molar refractivity (Wildman–Crippen MR) is 107 cm³/mol. The van der Waals surface area contributed by atoms with Crippen molar-refractivity contribution < 1.29 is 0 Å². The van der Waals surface area contributed by atoms with Crippen molar-refractivity contribution >= 4 is 42.1 Å². The highest BCUT2D eigenvalue weighted by Gasteiger charge is 2.17. The van der Waals surface area contributed by atoms with Crippen LogP contribution in [-0.2, 0) is 13.1 Å². The number of nitrogens with two attached hydrogens (primary N) is 1. The molecule has 3 nitrogen and oxygen atoms in total. The minimum atomic E-state index is 0. The maximum atomic E-state index is 5.93. The number of benzene rings is 2. The fraction of sp³-hybridized carbons (Fsp3) is 0.333. The molecule has 0 bridgehead atoms. The Kier molecular flexibility index (Phi) is 8.88. The number of hydrogen-bond acceptors (Lipinski definition) is 3. The van der Waals surface area contributed by atoms with E-state index >= 15 is 0 Å². The number of anilines is 1. The molecule has 0 radical (unpaired) electrons. The van der Waals surface area contributed by atoms with Crippen molar-refractivity contribution in [3.8, 4) is 0 Å². The quantitative estimate of drug-likeness (QED) is 0.801. The molecule has 6 heteroatoms. The maximum Gasteiger partial charge on any atom is 0.0406 e. The molecule has 132 valence electrons. The molecule has 0 atom stereocenters. The Balaban J connectivity index is 0.00000144. The van der Waals surface area contributed by atoms with Gasteiger partial charge in [0.1, 0.15) is 0 Å². The fourth-order valence-corrected chi connectivity index (χ4v) is 3.03. The number of halogens is 3. The van der Waals surface area contributed by atoms with Gasteiger partial charge in [0.15, 0.2) is 0 Å². The molecule has 2 aromatic rings. The molecule has 1 heterocycles. The van der Waals surface area contributed by atoms with Crippen molar-refractivity contribution in [2.45, 2.75) is 13.1 Å². The van der Waals surface area contributed by atoms with E-state index in [0.717, 1.165) is 50.0 Å². The molecule has 0 unspecified atom stereocenters. The van der Waals surface area contributed by atoms with Gasteiger partial charge in [-0.3, -0.25) is 9.80 Å². The first-order chi connectivity index (χ1) is 10.7. The zero-order valence-corrected chi connectivity index (χ0v) is 15.9. The SMILES string of the molecule is Cl.Cl.Nc1cccc(CN2CCN(Cc3ccc(Cl)cc3)CC2)c1. The molecule has 1 fully saturated rings. The highest BCUT2D eigenvalue weighted by atomic mass is 35.5. The number of nitrogen functional groups attached to an aromatic ring is 1. The van der Waals surface area contributed by atoms with Crippen molar-refractivity contribution in [3.63, 3.8) is 0 Å². The zero-order chi connectivity index (χ0) is 15.4. The average molecular weight is 389 g/mol. The molecule has 2 aromatic carbocycles. The average Bonchev–Trinajstić information content (AvgIpc) is 2.52. The van der Waals surface area contributed by atoms with E-state index in [1.807, 2.05) is 24.3 Å². The standard InChI is InChI=1S/C18H22ClN3.2ClH/c19-17-6-4-15(5-7-17)13-21-8-10-22(11-9-21)14-16-2-1-3-18(20)12-16;;/h1-7,12H,8-11,13-14,20H2;2*1H. The predicted octanol–water partition coefficient (Wildman–Crippen LogP) is 4.08. The van der Waals surface area contributed by atoms with Crippen LogP contribution in [0, 0.1) is 0 Å². The van der Waals surface area contributed by atoms with Crippen molar-refractivity contribution in [1.29, 1.82) is 0 Å². The minimum absolute atomic E-state index is 0. The largest absolute Gasteiger partial charge is 0.399 e. The first kappa shape index (κ1) is 21.1. The molecule has 0 aliphatic carbocycles. The molecular formula is C18H24Cl3N3. The summed E-state index contributed by atoms with van der Waals surface area (Å²) in [4.78, 5) is 4.99. The van der Waals surface area contributed by atoms with Crippen LogP contribution >= 0.6 is 36.4 Å². The second-order valence-electron chi connectivity index (χ2n) is 5.92. The summed E-state index contributed by atoms with van der Waals surface area (Å²) in [6.45, 7) is 6.39. The molecule has 0 saturated carbocycles. The lowest BCUT2D eigenvalue weighted by molar-refractivity contribution is 0.122. The van der Waals surface area contributed by atoms with Crippen LogP contribution in [-0.4, -0.2) is 36.0 Å². The van der Waals surface area contributed by atoms with Crippen LogP contribution in [0.15, 0.2) is 48.5 Å². The highest BCUT2D eigenvalue weighted by molar-refractivity contribution is 6.30. The third-order valence-corrected chi connectivity index (χ3v) is 4.39. The summed E-state index contributed by atoms with van der Waals surface area (Å²) in [5, 5.41) is 0.802. The highest BCUT2D eigenvalue weighted by Crippen LogP contribution is 2.15. The van der Waals surface area contributed by atoms with Crippen molar-refractivity contribution in [2.75, 3.05) is 31.9 Å². The van der Waals surface area contributed by atoms with Crippen molar-refractivity contribution in [2.24, 2.45) is 0 Å². The Hall–Kier alpha value is -0.970. The van der Waals surface area contributed by atoms with E-state index in [1.54, 1.807) is 0 Å². The molecular weight excluding hydrogens is 365 g/mol. The van der Waals surface area contributed by atoms with E-state index in [2.05, 4.69) is 34.1 Å². The van der Waals surface area contributed by atoms with E-state index in [-0.39, 0.29) is 24.8 Å². The van der Waals surface area contributed by atoms with Crippen LogP contribution in [0.2, 0.25) is 5.02 Å². The van der Waals surface area contributed by atoms with Crippen LogP contribution in [0.4, 0.5) is 5.69 Å². The molecule has 2 N–H and O–H groups in total. The zero-order valence-electron chi connectivity index (χ0n) is 13.5. The summed E-state index contributed by atoms with van der Waals surface area (Å²) in [5.41, 5.74) is 9.32.